The Morgan fingerprint density at radius 1 is 1.15 bits per heavy atom. The number of rotatable bonds is 7. The van der Waals surface area contributed by atoms with Crippen LogP contribution in [0.5, 0.6) is 11.5 Å². The number of aromatic nitrogens is 2. The third-order valence-corrected chi connectivity index (χ3v) is 7.57. The number of amides is 1. The summed E-state index contributed by atoms with van der Waals surface area (Å²) >= 11 is 11.8. The van der Waals surface area contributed by atoms with Crippen LogP contribution >= 0.6 is 23.2 Å². The fourth-order valence-electron chi connectivity index (χ4n) is 5.15. The fourth-order valence-corrected chi connectivity index (χ4v) is 5.46. The standard InChI is InChI=1S/C26H22Cl2F4N4O3/c1-2-22(37)36-13-3-4-14(36)8-15(7-13)39-21-9-16-19(10-20(21)38-11-26(30,31)32)33-12-34-25(16)35-18-6-5-17(27)23(28)24(18)29/h2,5-6,9-10,12-15H,1,3-4,7-8,11H2,(H,33,34,35)/t13-,14?,15?/m0/s1. The molecule has 2 aliphatic heterocycles. The van der Waals surface area contributed by atoms with Crippen LogP contribution in [0.2, 0.25) is 10.0 Å². The summed E-state index contributed by atoms with van der Waals surface area (Å²) in [4.78, 5) is 22.4. The van der Waals surface area contributed by atoms with E-state index in [1.807, 2.05) is 0 Å². The minimum atomic E-state index is -4.58. The molecular formula is C26H22Cl2F4N4O3. The van der Waals surface area contributed by atoms with Gasteiger partial charge in [0.25, 0.3) is 0 Å². The first kappa shape index (κ1) is 27.3. The van der Waals surface area contributed by atoms with Crippen molar-refractivity contribution < 1.29 is 31.8 Å². The molecule has 2 fully saturated rings. The van der Waals surface area contributed by atoms with Gasteiger partial charge in [-0.15, -0.1) is 0 Å². The molecule has 0 aliphatic carbocycles. The minimum absolute atomic E-state index is 0.0138. The van der Waals surface area contributed by atoms with Gasteiger partial charge in [-0.1, -0.05) is 29.8 Å². The van der Waals surface area contributed by atoms with E-state index in [9.17, 15) is 22.4 Å². The molecule has 2 saturated heterocycles. The van der Waals surface area contributed by atoms with Crippen LogP contribution in [-0.2, 0) is 4.79 Å². The van der Waals surface area contributed by atoms with Gasteiger partial charge in [0.2, 0.25) is 5.91 Å². The van der Waals surface area contributed by atoms with E-state index in [0.717, 1.165) is 12.8 Å². The normalized spacial score (nSPS) is 20.7. The Balaban J connectivity index is 1.49. The second-order valence-electron chi connectivity index (χ2n) is 9.34. The molecular weight excluding hydrogens is 563 g/mol. The average molecular weight is 585 g/mol. The van der Waals surface area contributed by atoms with Crippen LogP contribution < -0.4 is 14.8 Å². The number of hydrogen-bond donors (Lipinski definition) is 1. The number of hydrogen-bond acceptors (Lipinski definition) is 6. The van der Waals surface area contributed by atoms with Gasteiger partial charge in [-0.2, -0.15) is 13.2 Å². The Labute approximate surface area is 230 Å². The van der Waals surface area contributed by atoms with Gasteiger partial charge < -0.3 is 19.7 Å². The molecule has 3 atom stereocenters. The Kier molecular flexibility index (Phi) is 7.47. The molecule has 1 amide bonds. The molecule has 0 spiro atoms. The molecule has 2 aliphatic rings. The highest BCUT2D eigenvalue weighted by atomic mass is 35.5. The third kappa shape index (κ3) is 5.69. The molecule has 206 valence electrons. The summed E-state index contributed by atoms with van der Waals surface area (Å²) in [7, 11) is 0. The van der Waals surface area contributed by atoms with Crippen LogP contribution in [0.3, 0.4) is 0 Å². The molecule has 5 rings (SSSR count). The zero-order valence-electron chi connectivity index (χ0n) is 20.3. The highest BCUT2D eigenvalue weighted by Gasteiger charge is 2.43. The van der Waals surface area contributed by atoms with Crippen molar-refractivity contribution >= 4 is 51.5 Å². The van der Waals surface area contributed by atoms with Crippen LogP contribution in [0.4, 0.5) is 29.1 Å². The second kappa shape index (κ2) is 10.7. The molecule has 1 aromatic heterocycles. The number of benzene rings is 2. The van der Waals surface area contributed by atoms with Crippen LogP contribution in [-0.4, -0.2) is 51.7 Å². The molecule has 2 unspecified atom stereocenters. The molecule has 7 nitrogen and oxygen atoms in total. The van der Waals surface area contributed by atoms with Gasteiger partial charge in [0.15, 0.2) is 23.9 Å². The summed E-state index contributed by atoms with van der Waals surface area (Å²) < 4.78 is 65.0. The molecule has 0 saturated carbocycles. The van der Waals surface area contributed by atoms with Crippen molar-refractivity contribution in [2.75, 3.05) is 11.9 Å². The van der Waals surface area contributed by atoms with Gasteiger partial charge in [0.05, 0.1) is 21.2 Å². The fraction of sp³-hybridized carbons (Fsp3) is 0.346. The Morgan fingerprint density at radius 2 is 1.87 bits per heavy atom. The summed E-state index contributed by atoms with van der Waals surface area (Å²) in [6.45, 7) is 2.04. The van der Waals surface area contributed by atoms with Gasteiger partial charge in [-0.25, -0.2) is 14.4 Å². The number of nitrogens with one attached hydrogen (secondary N) is 1. The molecule has 39 heavy (non-hydrogen) atoms. The quantitative estimate of drug-likeness (QED) is 0.186. The lowest BCUT2D eigenvalue weighted by molar-refractivity contribution is -0.153. The molecule has 3 heterocycles. The molecule has 1 N–H and O–H groups in total. The average Bonchev–Trinajstić information content (AvgIpc) is 3.17. The number of carbonyl (C=O) groups excluding carboxylic acids is 1. The van der Waals surface area contributed by atoms with Crippen LogP contribution in [0.25, 0.3) is 10.9 Å². The van der Waals surface area contributed by atoms with E-state index in [1.54, 1.807) is 4.90 Å². The minimum Gasteiger partial charge on any atom is -0.486 e. The van der Waals surface area contributed by atoms with Crippen molar-refractivity contribution in [3.05, 3.63) is 59.1 Å². The van der Waals surface area contributed by atoms with Gasteiger partial charge in [0, 0.05) is 36.4 Å². The summed E-state index contributed by atoms with van der Waals surface area (Å²) in [5, 5.41) is 2.94. The van der Waals surface area contributed by atoms with Crippen molar-refractivity contribution in [2.45, 2.75) is 50.0 Å². The Hall–Kier alpha value is -3.31. The van der Waals surface area contributed by atoms with E-state index >= 15 is 0 Å². The SMILES string of the molecule is C=CC(=O)N1C2CC[C@H]1CC(Oc1cc3c(Nc4ccc(Cl)c(Cl)c4F)ncnc3cc1OCC(F)(F)F)C2. The molecule has 2 bridgehead atoms. The van der Waals surface area contributed by atoms with Crippen LogP contribution in [0, 0.1) is 5.82 Å². The van der Waals surface area contributed by atoms with Gasteiger partial charge >= 0.3 is 6.18 Å². The lowest BCUT2D eigenvalue weighted by atomic mass is 9.99. The van der Waals surface area contributed by atoms with Crippen LogP contribution in [0.1, 0.15) is 25.7 Å². The maximum atomic E-state index is 14.7. The Morgan fingerprint density at radius 3 is 2.54 bits per heavy atom. The number of anilines is 2. The van der Waals surface area contributed by atoms with Gasteiger partial charge in [-0.3, -0.25) is 4.79 Å². The summed E-state index contributed by atoms with van der Waals surface area (Å²) in [5.74, 6) is -0.887. The topological polar surface area (TPSA) is 76.6 Å². The van der Waals surface area contributed by atoms with Gasteiger partial charge in [-0.05, 0) is 37.1 Å². The highest BCUT2D eigenvalue weighted by molar-refractivity contribution is 6.42. The number of piperidine rings is 1. The van der Waals surface area contributed by atoms with Crippen LogP contribution in [0.15, 0.2) is 43.2 Å². The first-order chi connectivity index (χ1) is 18.5. The molecule has 0 radical (unpaired) electrons. The van der Waals surface area contributed by atoms with E-state index in [4.69, 9.17) is 32.7 Å². The maximum absolute atomic E-state index is 14.7. The number of fused-ring (bicyclic) bond motifs is 3. The molecule has 13 heteroatoms. The second-order valence-corrected chi connectivity index (χ2v) is 10.1. The lowest BCUT2D eigenvalue weighted by Gasteiger charge is -2.38. The van der Waals surface area contributed by atoms with E-state index < -0.39 is 18.6 Å². The highest BCUT2D eigenvalue weighted by Crippen LogP contribution is 2.41. The van der Waals surface area contributed by atoms with Gasteiger partial charge in [0.1, 0.15) is 18.2 Å². The van der Waals surface area contributed by atoms with Crippen molar-refractivity contribution in [3.8, 4) is 11.5 Å². The zero-order chi connectivity index (χ0) is 27.9. The molecule has 2 aromatic carbocycles. The summed E-state index contributed by atoms with van der Waals surface area (Å²) in [6.07, 6.45) is 0.103. The van der Waals surface area contributed by atoms with E-state index in [-0.39, 0.29) is 62.7 Å². The maximum Gasteiger partial charge on any atom is 0.422 e. The first-order valence-corrected chi connectivity index (χ1v) is 12.8. The smallest absolute Gasteiger partial charge is 0.422 e. The first-order valence-electron chi connectivity index (χ1n) is 12.0. The monoisotopic (exact) mass is 584 g/mol. The van der Waals surface area contributed by atoms with Crippen molar-refractivity contribution in [1.82, 2.24) is 14.9 Å². The Bertz CT molecular complexity index is 1420. The summed E-state index contributed by atoms with van der Waals surface area (Å²) in [6, 6.07) is 5.45. The van der Waals surface area contributed by atoms with E-state index in [0.29, 0.717) is 18.2 Å². The molecule has 3 aromatic rings. The van der Waals surface area contributed by atoms with Crippen molar-refractivity contribution in [1.29, 1.82) is 0 Å². The number of alkyl halides is 3. The van der Waals surface area contributed by atoms with Crippen molar-refractivity contribution in [2.24, 2.45) is 0 Å². The number of carbonyl (C=O) groups is 1. The zero-order valence-corrected chi connectivity index (χ0v) is 21.8. The number of halogens is 6. The third-order valence-electron chi connectivity index (χ3n) is 6.79. The lowest BCUT2D eigenvalue weighted by Crippen LogP contribution is -2.48. The predicted octanol–water partition coefficient (Wildman–Crippen LogP) is 6.85. The van der Waals surface area contributed by atoms with Crippen molar-refractivity contribution in [3.63, 3.8) is 0 Å². The number of nitrogens with zero attached hydrogens (tertiary/aromatic N) is 3. The van der Waals surface area contributed by atoms with E-state index in [1.165, 1.54) is 36.7 Å². The summed E-state index contributed by atoms with van der Waals surface area (Å²) in [5.41, 5.74) is 0.226. The largest absolute Gasteiger partial charge is 0.486 e. The number of ether oxygens (including phenoxy) is 2. The predicted molar refractivity (Wildman–Crippen MR) is 138 cm³/mol. The van der Waals surface area contributed by atoms with E-state index in [2.05, 4.69) is 21.9 Å².